The smallest absolute Gasteiger partial charge is 0.238 e. The maximum Gasteiger partial charge on any atom is 0.238 e. The Morgan fingerprint density at radius 3 is 2.48 bits per heavy atom. The maximum absolute atomic E-state index is 12.4. The number of benzene rings is 2. The molecule has 1 amide bonds. The van der Waals surface area contributed by atoms with Crippen molar-refractivity contribution in [1.82, 2.24) is 9.80 Å². The van der Waals surface area contributed by atoms with Gasteiger partial charge in [-0.3, -0.25) is 14.6 Å². The number of hydrogen-bond donors (Lipinski definition) is 1. The van der Waals surface area contributed by atoms with E-state index in [9.17, 15) is 4.79 Å². The Morgan fingerprint density at radius 2 is 1.79 bits per heavy atom. The van der Waals surface area contributed by atoms with E-state index in [0.717, 1.165) is 61.0 Å². The molecule has 0 bridgehead atoms. The van der Waals surface area contributed by atoms with Crippen molar-refractivity contribution < 1.29 is 14.3 Å². The summed E-state index contributed by atoms with van der Waals surface area (Å²) in [4.78, 5) is 17.0. The molecular formula is C22H28ClN3O3. The van der Waals surface area contributed by atoms with Crippen LogP contribution in [0.4, 0.5) is 5.69 Å². The van der Waals surface area contributed by atoms with Crippen LogP contribution in [0.25, 0.3) is 0 Å². The van der Waals surface area contributed by atoms with E-state index in [1.807, 2.05) is 43.3 Å². The lowest BCUT2D eigenvalue weighted by molar-refractivity contribution is -0.117. The van der Waals surface area contributed by atoms with Crippen molar-refractivity contribution >= 4 is 23.2 Å². The SMILES string of the molecule is COc1ccc(OC)c(CN2CCN(CC(=O)Nc3cccc(Cl)c3C)CC2)c1. The Morgan fingerprint density at radius 1 is 1.07 bits per heavy atom. The standard InChI is InChI=1S/C22H28ClN3O3/c1-16-19(23)5-4-6-20(16)24-22(27)15-26-11-9-25(10-12-26)14-17-13-18(28-2)7-8-21(17)29-3/h4-8,13H,9-12,14-15H2,1-3H3,(H,24,27). The zero-order chi connectivity index (χ0) is 20.8. The fraction of sp³-hybridized carbons (Fsp3) is 0.409. The molecule has 1 saturated heterocycles. The summed E-state index contributed by atoms with van der Waals surface area (Å²) in [6.45, 7) is 6.55. The van der Waals surface area contributed by atoms with Gasteiger partial charge in [0.15, 0.2) is 0 Å². The molecule has 1 heterocycles. The van der Waals surface area contributed by atoms with Gasteiger partial charge in [0.2, 0.25) is 5.91 Å². The molecule has 6 nitrogen and oxygen atoms in total. The lowest BCUT2D eigenvalue weighted by atomic mass is 10.1. The second kappa shape index (κ2) is 9.96. The predicted molar refractivity (Wildman–Crippen MR) is 116 cm³/mol. The first-order valence-corrected chi connectivity index (χ1v) is 10.1. The van der Waals surface area contributed by atoms with Crippen LogP contribution in [0.5, 0.6) is 11.5 Å². The number of carbonyl (C=O) groups excluding carboxylic acids is 1. The number of hydrogen-bond acceptors (Lipinski definition) is 5. The summed E-state index contributed by atoms with van der Waals surface area (Å²) in [7, 11) is 3.35. The lowest BCUT2D eigenvalue weighted by Gasteiger charge is -2.34. The first-order valence-electron chi connectivity index (χ1n) is 9.70. The van der Waals surface area contributed by atoms with E-state index < -0.39 is 0 Å². The first-order chi connectivity index (χ1) is 14.0. The summed E-state index contributed by atoms with van der Waals surface area (Å²) in [5.41, 5.74) is 2.76. The predicted octanol–water partition coefficient (Wildman–Crippen LogP) is 3.42. The van der Waals surface area contributed by atoms with Gasteiger partial charge in [0, 0.05) is 49.0 Å². The fourth-order valence-electron chi connectivity index (χ4n) is 3.49. The summed E-state index contributed by atoms with van der Waals surface area (Å²) in [6, 6.07) is 11.4. The van der Waals surface area contributed by atoms with Crippen molar-refractivity contribution in [3.05, 3.63) is 52.5 Å². The molecule has 1 aliphatic rings. The average Bonchev–Trinajstić information content (AvgIpc) is 2.72. The van der Waals surface area contributed by atoms with Crippen molar-refractivity contribution in [2.75, 3.05) is 52.3 Å². The molecule has 3 rings (SSSR count). The van der Waals surface area contributed by atoms with Crippen LogP contribution in [0.1, 0.15) is 11.1 Å². The highest BCUT2D eigenvalue weighted by Gasteiger charge is 2.20. The zero-order valence-electron chi connectivity index (χ0n) is 17.2. The number of ether oxygens (including phenoxy) is 2. The quantitative estimate of drug-likeness (QED) is 0.748. The van der Waals surface area contributed by atoms with Crippen molar-refractivity contribution in [3.63, 3.8) is 0 Å². The van der Waals surface area contributed by atoms with Crippen LogP contribution in [0, 0.1) is 6.92 Å². The molecule has 29 heavy (non-hydrogen) atoms. The molecule has 2 aromatic carbocycles. The van der Waals surface area contributed by atoms with E-state index in [-0.39, 0.29) is 5.91 Å². The van der Waals surface area contributed by atoms with E-state index in [1.54, 1.807) is 14.2 Å². The van der Waals surface area contributed by atoms with Crippen LogP contribution in [-0.2, 0) is 11.3 Å². The Labute approximate surface area is 177 Å². The van der Waals surface area contributed by atoms with Crippen LogP contribution in [0.15, 0.2) is 36.4 Å². The van der Waals surface area contributed by atoms with E-state index in [2.05, 4.69) is 15.1 Å². The molecule has 2 aromatic rings. The Bertz CT molecular complexity index is 851. The van der Waals surface area contributed by atoms with Gasteiger partial charge in [0.05, 0.1) is 20.8 Å². The summed E-state index contributed by atoms with van der Waals surface area (Å²) in [6.07, 6.45) is 0. The van der Waals surface area contributed by atoms with Crippen LogP contribution >= 0.6 is 11.6 Å². The number of amides is 1. The van der Waals surface area contributed by atoms with Gasteiger partial charge in [-0.05, 0) is 42.8 Å². The normalized spacial score (nSPS) is 15.2. The number of nitrogens with zero attached hydrogens (tertiary/aromatic N) is 2. The molecule has 1 fully saturated rings. The number of piperazine rings is 1. The third kappa shape index (κ3) is 5.63. The van der Waals surface area contributed by atoms with E-state index in [0.29, 0.717) is 11.6 Å². The monoisotopic (exact) mass is 417 g/mol. The van der Waals surface area contributed by atoms with Gasteiger partial charge in [0.25, 0.3) is 0 Å². The molecule has 0 spiro atoms. The number of carbonyl (C=O) groups is 1. The molecule has 0 aromatic heterocycles. The number of anilines is 1. The Balaban J connectivity index is 1.50. The highest BCUT2D eigenvalue weighted by atomic mass is 35.5. The minimum Gasteiger partial charge on any atom is -0.497 e. The molecule has 0 radical (unpaired) electrons. The van der Waals surface area contributed by atoms with Gasteiger partial charge in [-0.15, -0.1) is 0 Å². The van der Waals surface area contributed by atoms with Gasteiger partial charge in [0.1, 0.15) is 11.5 Å². The number of halogens is 1. The molecule has 7 heteroatoms. The minimum atomic E-state index is -0.0155. The minimum absolute atomic E-state index is 0.0155. The molecule has 0 atom stereocenters. The third-order valence-corrected chi connectivity index (χ3v) is 5.66. The largest absolute Gasteiger partial charge is 0.497 e. The number of rotatable bonds is 7. The van der Waals surface area contributed by atoms with Crippen molar-refractivity contribution in [2.24, 2.45) is 0 Å². The Kier molecular flexibility index (Phi) is 7.36. The number of methoxy groups -OCH3 is 2. The molecule has 0 saturated carbocycles. The molecular weight excluding hydrogens is 390 g/mol. The van der Waals surface area contributed by atoms with E-state index in [1.165, 1.54) is 0 Å². The summed E-state index contributed by atoms with van der Waals surface area (Å²) in [5.74, 6) is 1.68. The second-order valence-electron chi connectivity index (χ2n) is 7.19. The summed E-state index contributed by atoms with van der Waals surface area (Å²) >= 11 is 6.13. The maximum atomic E-state index is 12.4. The second-order valence-corrected chi connectivity index (χ2v) is 7.60. The fourth-order valence-corrected chi connectivity index (χ4v) is 3.66. The molecule has 1 N–H and O–H groups in total. The lowest BCUT2D eigenvalue weighted by Crippen LogP contribution is -2.48. The molecule has 0 unspecified atom stereocenters. The Hall–Kier alpha value is -2.28. The van der Waals surface area contributed by atoms with Gasteiger partial charge in [-0.25, -0.2) is 0 Å². The van der Waals surface area contributed by atoms with Gasteiger partial charge >= 0.3 is 0 Å². The topological polar surface area (TPSA) is 54.0 Å². The first kappa shape index (κ1) is 21.4. The van der Waals surface area contributed by atoms with Gasteiger partial charge in [-0.2, -0.15) is 0 Å². The van der Waals surface area contributed by atoms with E-state index >= 15 is 0 Å². The van der Waals surface area contributed by atoms with Crippen LogP contribution < -0.4 is 14.8 Å². The van der Waals surface area contributed by atoms with Crippen molar-refractivity contribution in [3.8, 4) is 11.5 Å². The van der Waals surface area contributed by atoms with Crippen LogP contribution in [0.3, 0.4) is 0 Å². The van der Waals surface area contributed by atoms with Crippen molar-refractivity contribution in [1.29, 1.82) is 0 Å². The van der Waals surface area contributed by atoms with Gasteiger partial charge < -0.3 is 14.8 Å². The average molecular weight is 418 g/mol. The van der Waals surface area contributed by atoms with Gasteiger partial charge in [-0.1, -0.05) is 17.7 Å². The molecule has 1 aliphatic heterocycles. The molecule has 156 valence electrons. The van der Waals surface area contributed by atoms with Crippen LogP contribution in [-0.4, -0.2) is 62.7 Å². The number of nitrogens with one attached hydrogen (secondary N) is 1. The highest BCUT2D eigenvalue weighted by Crippen LogP contribution is 2.26. The highest BCUT2D eigenvalue weighted by molar-refractivity contribution is 6.31. The zero-order valence-corrected chi connectivity index (χ0v) is 18.0. The van der Waals surface area contributed by atoms with E-state index in [4.69, 9.17) is 21.1 Å². The summed E-state index contributed by atoms with van der Waals surface area (Å²) < 4.78 is 10.8. The summed E-state index contributed by atoms with van der Waals surface area (Å²) in [5, 5.41) is 3.62. The van der Waals surface area contributed by atoms with Crippen LogP contribution in [0.2, 0.25) is 5.02 Å². The molecule has 0 aliphatic carbocycles. The van der Waals surface area contributed by atoms with Crippen molar-refractivity contribution in [2.45, 2.75) is 13.5 Å². The third-order valence-electron chi connectivity index (χ3n) is 5.26.